The van der Waals surface area contributed by atoms with E-state index in [1.165, 1.54) is 0 Å². The first-order valence-corrected chi connectivity index (χ1v) is 8.65. The first-order chi connectivity index (χ1) is 12.6. The Bertz CT molecular complexity index is 922. The molecule has 0 radical (unpaired) electrons. The van der Waals surface area contributed by atoms with Gasteiger partial charge in [-0.2, -0.15) is 4.98 Å². The van der Waals surface area contributed by atoms with E-state index in [0.29, 0.717) is 23.3 Å². The lowest BCUT2D eigenvalue weighted by Crippen LogP contribution is -2.53. The number of aryl methyl sites for hydroxylation is 1. The molecule has 0 saturated carbocycles. The van der Waals surface area contributed by atoms with E-state index in [1.807, 2.05) is 47.4 Å². The van der Waals surface area contributed by atoms with Crippen LogP contribution in [0.1, 0.15) is 24.4 Å². The second kappa shape index (κ2) is 6.63. The van der Waals surface area contributed by atoms with Crippen molar-refractivity contribution < 1.29 is 9.32 Å². The minimum atomic E-state index is -0.0987. The van der Waals surface area contributed by atoms with E-state index in [9.17, 15) is 4.79 Å². The Balaban J connectivity index is 1.50. The van der Waals surface area contributed by atoms with Gasteiger partial charge in [-0.15, -0.1) is 0 Å². The van der Waals surface area contributed by atoms with E-state index in [1.54, 1.807) is 6.92 Å². The molecule has 0 unspecified atom stereocenters. The van der Waals surface area contributed by atoms with Gasteiger partial charge in [0.1, 0.15) is 0 Å². The minimum absolute atomic E-state index is 0.0987. The van der Waals surface area contributed by atoms with E-state index >= 15 is 0 Å². The van der Waals surface area contributed by atoms with Crippen LogP contribution in [-0.4, -0.2) is 27.6 Å². The lowest BCUT2D eigenvalue weighted by atomic mass is 9.85. The molecule has 1 fully saturated rings. The molecule has 132 valence electrons. The van der Waals surface area contributed by atoms with Crippen molar-refractivity contribution in [2.45, 2.75) is 19.9 Å². The van der Waals surface area contributed by atoms with Crippen molar-refractivity contribution in [3.8, 4) is 11.4 Å². The van der Waals surface area contributed by atoms with E-state index in [4.69, 9.17) is 4.52 Å². The predicted octanol–water partition coefficient (Wildman–Crippen LogP) is 4.27. The van der Waals surface area contributed by atoms with E-state index in [2.05, 4.69) is 34.5 Å². The van der Waals surface area contributed by atoms with Gasteiger partial charge < -0.3 is 14.7 Å². The molecule has 4 rings (SSSR count). The molecule has 1 aliphatic rings. The van der Waals surface area contributed by atoms with Gasteiger partial charge in [0.25, 0.3) is 0 Å². The number of amides is 2. The average Bonchev–Trinajstić information content (AvgIpc) is 3.07. The van der Waals surface area contributed by atoms with Crippen molar-refractivity contribution in [1.29, 1.82) is 0 Å². The summed E-state index contributed by atoms with van der Waals surface area (Å²) in [5.74, 6) is 1.46. The molecule has 2 aromatic carbocycles. The average molecular weight is 348 g/mol. The van der Waals surface area contributed by atoms with Gasteiger partial charge in [0.05, 0.1) is 6.04 Å². The highest BCUT2D eigenvalue weighted by molar-refractivity contribution is 5.91. The minimum Gasteiger partial charge on any atom is -0.339 e. The number of benzene rings is 2. The number of hydrogen-bond donors (Lipinski definition) is 1. The van der Waals surface area contributed by atoms with Crippen LogP contribution in [0.25, 0.3) is 11.4 Å². The largest absolute Gasteiger partial charge is 0.339 e. The number of nitrogens with zero attached hydrogens (tertiary/aromatic N) is 3. The van der Waals surface area contributed by atoms with Crippen molar-refractivity contribution in [3.05, 3.63) is 66.1 Å². The fourth-order valence-corrected chi connectivity index (χ4v) is 3.41. The lowest BCUT2D eigenvalue weighted by Gasteiger charge is -2.46. The maximum atomic E-state index is 12.7. The van der Waals surface area contributed by atoms with Crippen molar-refractivity contribution in [2.24, 2.45) is 5.92 Å². The zero-order chi connectivity index (χ0) is 18.1. The summed E-state index contributed by atoms with van der Waals surface area (Å²) < 4.78 is 5.02. The molecule has 0 aliphatic carbocycles. The predicted molar refractivity (Wildman–Crippen MR) is 98.5 cm³/mol. The molecular formula is C20H20N4O2. The number of nitrogens with one attached hydrogen (secondary N) is 1. The molecule has 1 aliphatic heterocycles. The summed E-state index contributed by atoms with van der Waals surface area (Å²) in [7, 11) is 0. The summed E-state index contributed by atoms with van der Waals surface area (Å²) in [6.07, 6.45) is 0. The highest BCUT2D eigenvalue weighted by Gasteiger charge is 2.39. The fourth-order valence-electron chi connectivity index (χ4n) is 3.41. The Morgan fingerprint density at radius 1 is 1.19 bits per heavy atom. The van der Waals surface area contributed by atoms with E-state index in [0.717, 1.165) is 17.7 Å². The number of hydrogen-bond acceptors (Lipinski definition) is 4. The molecule has 6 nitrogen and oxygen atoms in total. The first kappa shape index (κ1) is 16.3. The van der Waals surface area contributed by atoms with Crippen LogP contribution in [0, 0.1) is 12.8 Å². The molecule has 1 saturated heterocycles. The van der Waals surface area contributed by atoms with Crippen LogP contribution >= 0.6 is 0 Å². The van der Waals surface area contributed by atoms with E-state index < -0.39 is 0 Å². The third-order valence-electron chi connectivity index (χ3n) is 4.66. The van der Waals surface area contributed by atoms with Gasteiger partial charge in [-0.05, 0) is 23.6 Å². The number of anilines is 1. The molecular weight excluding hydrogens is 328 g/mol. The van der Waals surface area contributed by atoms with Crippen LogP contribution in [0.5, 0.6) is 0 Å². The van der Waals surface area contributed by atoms with Crippen LogP contribution in [0.4, 0.5) is 10.5 Å². The smallest absolute Gasteiger partial charge is 0.322 e. The van der Waals surface area contributed by atoms with Crippen LogP contribution in [-0.2, 0) is 0 Å². The van der Waals surface area contributed by atoms with Gasteiger partial charge in [0, 0.05) is 24.7 Å². The maximum absolute atomic E-state index is 12.7. The highest BCUT2D eigenvalue weighted by atomic mass is 16.5. The maximum Gasteiger partial charge on any atom is 0.322 e. The summed E-state index contributed by atoms with van der Waals surface area (Å²) >= 11 is 0. The number of rotatable bonds is 3. The van der Waals surface area contributed by atoms with Crippen LogP contribution in [0.3, 0.4) is 0 Å². The quantitative estimate of drug-likeness (QED) is 0.767. The number of urea groups is 1. The van der Waals surface area contributed by atoms with Gasteiger partial charge in [-0.1, -0.05) is 54.5 Å². The van der Waals surface area contributed by atoms with Gasteiger partial charge in [-0.3, -0.25) is 0 Å². The summed E-state index contributed by atoms with van der Waals surface area (Å²) in [6.45, 7) is 4.66. The molecule has 2 amide bonds. The van der Waals surface area contributed by atoms with E-state index in [-0.39, 0.29) is 12.1 Å². The normalized spacial score (nSPS) is 19.1. The molecule has 6 heteroatoms. The molecule has 3 aromatic rings. The van der Waals surface area contributed by atoms with Crippen molar-refractivity contribution >= 4 is 11.7 Å². The topological polar surface area (TPSA) is 71.3 Å². The molecule has 2 heterocycles. The molecule has 1 N–H and O–H groups in total. The van der Waals surface area contributed by atoms with Gasteiger partial charge in [0.2, 0.25) is 11.7 Å². The fraction of sp³-hybridized carbons (Fsp3) is 0.250. The number of aromatic nitrogens is 2. The van der Waals surface area contributed by atoms with Crippen LogP contribution in [0.2, 0.25) is 0 Å². The van der Waals surface area contributed by atoms with Crippen molar-refractivity contribution in [3.63, 3.8) is 0 Å². The Hall–Kier alpha value is -3.15. The van der Waals surface area contributed by atoms with Crippen LogP contribution in [0.15, 0.2) is 59.1 Å². The number of likely N-dealkylation sites (tertiary alicyclic amines) is 1. The second-order valence-corrected chi connectivity index (χ2v) is 6.63. The molecule has 0 spiro atoms. The number of carbonyl (C=O) groups is 1. The molecule has 26 heavy (non-hydrogen) atoms. The first-order valence-electron chi connectivity index (χ1n) is 8.65. The highest BCUT2D eigenvalue weighted by Crippen LogP contribution is 2.38. The Morgan fingerprint density at radius 2 is 2.00 bits per heavy atom. The zero-order valence-electron chi connectivity index (χ0n) is 14.7. The van der Waals surface area contributed by atoms with Crippen molar-refractivity contribution in [2.75, 3.05) is 11.9 Å². The summed E-state index contributed by atoms with van der Waals surface area (Å²) in [6, 6.07) is 17.6. The van der Waals surface area contributed by atoms with Crippen LogP contribution < -0.4 is 5.32 Å². The summed E-state index contributed by atoms with van der Waals surface area (Å²) in [5.41, 5.74) is 2.68. The third-order valence-corrected chi connectivity index (χ3v) is 4.66. The zero-order valence-corrected chi connectivity index (χ0v) is 14.7. The lowest BCUT2D eigenvalue weighted by molar-refractivity contribution is 0.0671. The third kappa shape index (κ3) is 3.06. The molecule has 0 bridgehead atoms. The summed E-state index contributed by atoms with van der Waals surface area (Å²) in [4.78, 5) is 18.8. The Labute approximate surface area is 151 Å². The standard InChI is InChI=1S/C20H20N4O2/c1-13-12-24(18(13)15-7-4-3-5-8-15)20(25)22-17-10-6-9-16(11-17)19-21-14(2)26-23-19/h3-11,13,18H,12H2,1-2H3,(H,22,25)/t13-,18+/m0/s1. The Morgan fingerprint density at radius 3 is 2.69 bits per heavy atom. The summed E-state index contributed by atoms with van der Waals surface area (Å²) in [5, 5.41) is 6.90. The van der Waals surface area contributed by atoms with Gasteiger partial charge in [-0.25, -0.2) is 4.79 Å². The van der Waals surface area contributed by atoms with Gasteiger partial charge >= 0.3 is 6.03 Å². The monoisotopic (exact) mass is 348 g/mol. The SMILES string of the molecule is Cc1nc(-c2cccc(NC(=O)N3C[C@H](C)[C@@H]3c3ccccc3)c2)no1. The molecule has 2 atom stereocenters. The Kier molecular flexibility index (Phi) is 4.16. The number of carbonyl (C=O) groups excluding carboxylic acids is 1. The molecule has 1 aromatic heterocycles. The van der Waals surface area contributed by atoms with Crippen molar-refractivity contribution in [1.82, 2.24) is 15.0 Å². The van der Waals surface area contributed by atoms with Gasteiger partial charge in [0.15, 0.2) is 0 Å². The second-order valence-electron chi connectivity index (χ2n) is 6.63.